The molecule has 1 aliphatic heterocycles. The zero-order valence-electron chi connectivity index (χ0n) is 13.7. The largest absolute Gasteiger partial charge is 0.354 e. The molecule has 7 heteroatoms. The predicted octanol–water partition coefficient (Wildman–Crippen LogP) is 1.82. The molecule has 0 aromatic carbocycles. The summed E-state index contributed by atoms with van der Waals surface area (Å²) in [6.07, 6.45) is 10.3. The molecule has 3 aromatic heterocycles. The van der Waals surface area contributed by atoms with Crippen molar-refractivity contribution >= 4 is 22.6 Å². The number of fused-ring (bicyclic) bond motifs is 1. The topological polar surface area (TPSA) is 83.9 Å². The van der Waals surface area contributed by atoms with Gasteiger partial charge in [-0.25, -0.2) is 9.97 Å². The lowest BCUT2D eigenvalue weighted by Gasteiger charge is -2.34. The van der Waals surface area contributed by atoms with Crippen LogP contribution in [0.1, 0.15) is 23.2 Å². The van der Waals surface area contributed by atoms with Gasteiger partial charge in [0.15, 0.2) is 0 Å². The first-order valence-corrected chi connectivity index (χ1v) is 8.32. The van der Waals surface area contributed by atoms with E-state index < -0.39 is 0 Å². The maximum atomic E-state index is 12.4. The number of rotatable bonds is 3. The molecule has 1 aliphatic rings. The van der Waals surface area contributed by atoms with Crippen molar-refractivity contribution in [2.24, 2.45) is 0 Å². The van der Waals surface area contributed by atoms with Gasteiger partial charge in [-0.3, -0.25) is 14.8 Å². The van der Waals surface area contributed by atoms with Gasteiger partial charge in [-0.1, -0.05) is 0 Å². The van der Waals surface area contributed by atoms with E-state index >= 15 is 0 Å². The standard InChI is InChI=1S/C18H18N6O/c25-18(13-3-1-6-19-9-13)23-14-4-2-8-24(11-14)17-15-5-7-20-10-16(15)21-12-22-17/h1,3,5-7,9-10,12,14H,2,4,8,11H2,(H,23,25). The number of anilines is 1. The van der Waals surface area contributed by atoms with Crippen molar-refractivity contribution in [3.63, 3.8) is 0 Å². The Kier molecular flexibility index (Phi) is 4.20. The maximum absolute atomic E-state index is 12.4. The molecule has 0 bridgehead atoms. The summed E-state index contributed by atoms with van der Waals surface area (Å²) in [6, 6.07) is 5.55. The SMILES string of the molecule is O=C(NC1CCCN(c2ncnc3cnccc23)C1)c1cccnc1. The van der Waals surface area contributed by atoms with Gasteiger partial charge >= 0.3 is 0 Å². The first-order chi connectivity index (χ1) is 12.3. The van der Waals surface area contributed by atoms with E-state index in [1.807, 2.05) is 6.07 Å². The van der Waals surface area contributed by atoms with Crippen LogP contribution < -0.4 is 10.2 Å². The van der Waals surface area contributed by atoms with E-state index in [2.05, 4.69) is 30.2 Å². The molecule has 1 amide bonds. The Labute approximate surface area is 145 Å². The van der Waals surface area contributed by atoms with Crippen LogP contribution in [0.5, 0.6) is 0 Å². The van der Waals surface area contributed by atoms with Crippen LogP contribution >= 0.6 is 0 Å². The third-order valence-electron chi connectivity index (χ3n) is 4.40. The molecule has 3 aromatic rings. The third kappa shape index (κ3) is 3.26. The van der Waals surface area contributed by atoms with Crippen LogP contribution in [0.25, 0.3) is 10.9 Å². The van der Waals surface area contributed by atoms with Gasteiger partial charge in [0, 0.05) is 43.1 Å². The zero-order chi connectivity index (χ0) is 17.1. The maximum Gasteiger partial charge on any atom is 0.253 e. The molecule has 4 heterocycles. The molecule has 1 unspecified atom stereocenters. The van der Waals surface area contributed by atoms with Crippen molar-refractivity contribution in [2.45, 2.75) is 18.9 Å². The van der Waals surface area contributed by atoms with Crippen LogP contribution in [-0.2, 0) is 0 Å². The molecule has 126 valence electrons. The Bertz CT molecular complexity index is 880. The second-order valence-electron chi connectivity index (χ2n) is 6.09. The Balaban J connectivity index is 1.52. The summed E-state index contributed by atoms with van der Waals surface area (Å²) in [4.78, 5) is 31.4. The minimum Gasteiger partial charge on any atom is -0.354 e. The van der Waals surface area contributed by atoms with Crippen molar-refractivity contribution in [1.29, 1.82) is 0 Å². The molecule has 0 radical (unpaired) electrons. The summed E-state index contributed by atoms with van der Waals surface area (Å²) in [5.41, 5.74) is 1.41. The molecule has 1 fully saturated rings. The Morgan fingerprint density at radius 1 is 1.16 bits per heavy atom. The average molecular weight is 334 g/mol. The molecule has 25 heavy (non-hydrogen) atoms. The zero-order valence-corrected chi connectivity index (χ0v) is 13.7. The molecule has 0 saturated carbocycles. The number of aromatic nitrogens is 4. The van der Waals surface area contributed by atoms with Gasteiger partial charge in [-0.15, -0.1) is 0 Å². The second-order valence-corrected chi connectivity index (χ2v) is 6.09. The molecule has 1 saturated heterocycles. The van der Waals surface area contributed by atoms with Crippen LogP contribution in [0.15, 0.2) is 49.3 Å². The quantitative estimate of drug-likeness (QED) is 0.786. The van der Waals surface area contributed by atoms with E-state index in [4.69, 9.17) is 0 Å². The van der Waals surface area contributed by atoms with Crippen molar-refractivity contribution in [2.75, 3.05) is 18.0 Å². The lowest BCUT2D eigenvalue weighted by Crippen LogP contribution is -2.48. The molecular formula is C18H18N6O. The normalized spacial score (nSPS) is 17.4. The minimum absolute atomic E-state index is 0.0771. The smallest absolute Gasteiger partial charge is 0.253 e. The van der Waals surface area contributed by atoms with Crippen LogP contribution in [0.3, 0.4) is 0 Å². The molecule has 7 nitrogen and oxygen atoms in total. The second kappa shape index (κ2) is 6.80. The predicted molar refractivity (Wildman–Crippen MR) is 94.3 cm³/mol. The molecule has 4 rings (SSSR count). The number of carbonyl (C=O) groups excluding carboxylic acids is 1. The highest BCUT2D eigenvalue weighted by Crippen LogP contribution is 2.25. The van der Waals surface area contributed by atoms with E-state index in [1.165, 1.54) is 0 Å². The van der Waals surface area contributed by atoms with Gasteiger partial charge in [0.25, 0.3) is 5.91 Å². The van der Waals surface area contributed by atoms with Gasteiger partial charge < -0.3 is 10.2 Å². The summed E-state index contributed by atoms with van der Waals surface area (Å²) in [5, 5.41) is 4.09. The molecule has 0 spiro atoms. The summed E-state index contributed by atoms with van der Waals surface area (Å²) in [7, 11) is 0. The number of nitrogens with one attached hydrogen (secondary N) is 1. The number of carbonyl (C=O) groups is 1. The summed E-state index contributed by atoms with van der Waals surface area (Å²) in [5.74, 6) is 0.810. The molecular weight excluding hydrogens is 316 g/mol. The summed E-state index contributed by atoms with van der Waals surface area (Å²) in [6.45, 7) is 1.63. The number of nitrogens with zero attached hydrogens (tertiary/aromatic N) is 5. The molecule has 1 N–H and O–H groups in total. The lowest BCUT2D eigenvalue weighted by atomic mass is 10.0. The monoisotopic (exact) mass is 334 g/mol. The first kappa shape index (κ1) is 15.4. The van der Waals surface area contributed by atoms with Crippen LogP contribution in [0.2, 0.25) is 0 Å². The Morgan fingerprint density at radius 3 is 2.96 bits per heavy atom. The fraction of sp³-hybridized carbons (Fsp3) is 0.278. The van der Waals surface area contributed by atoms with Crippen molar-refractivity contribution < 1.29 is 4.79 Å². The van der Waals surface area contributed by atoms with Gasteiger partial charge in [-0.05, 0) is 31.0 Å². The van der Waals surface area contributed by atoms with Crippen LogP contribution in [0.4, 0.5) is 5.82 Å². The molecule has 1 atom stereocenters. The van der Waals surface area contributed by atoms with Gasteiger partial charge in [0.05, 0.1) is 17.3 Å². The van der Waals surface area contributed by atoms with Gasteiger partial charge in [-0.2, -0.15) is 0 Å². The van der Waals surface area contributed by atoms with E-state index in [9.17, 15) is 4.79 Å². The number of amides is 1. The minimum atomic E-state index is -0.0864. The van der Waals surface area contributed by atoms with Crippen molar-refractivity contribution in [1.82, 2.24) is 25.3 Å². The van der Waals surface area contributed by atoms with E-state index in [0.717, 1.165) is 42.7 Å². The highest BCUT2D eigenvalue weighted by Gasteiger charge is 2.24. The van der Waals surface area contributed by atoms with Crippen LogP contribution in [-0.4, -0.2) is 45.0 Å². The van der Waals surface area contributed by atoms with Crippen molar-refractivity contribution in [3.05, 3.63) is 54.9 Å². The number of piperidine rings is 1. The average Bonchev–Trinajstić information content (AvgIpc) is 2.68. The lowest BCUT2D eigenvalue weighted by molar-refractivity contribution is 0.0933. The first-order valence-electron chi connectivity index (χ1n) is 8.32. The van der Waals surface area contributed by atoms with Gasteiger partial charge in [0.2, 0.25) is 0 Å². The fourth-order valence-electron chi connectivity index (χ4n) is 3.20. The summed E-state index contributed by atoms with van der Waals surface area (Å²) < 4.78 is 0. The van der Waals surface area contributed by atoms with E-state index in [1.54, 1.807) is 43.2 Å². The highest BCUT2D eigenvalue weighted by atomic mass is 16.1. The Hall–Kier alpha value is -3.09. The summed E-state index contributed by atoms with van der Waals surface area (Å²) >= 11 is 0. The third-order valence-corrected chi connectivity index (χ3v) is 4.40. The number of hydrogen-bond acceptors (Lipinski definition) is 6. The fourth-order valence-corrected chi connectivity index (χ4v) is 3.20. The van der Waals surface area contributed by atoms with Crippen molar-refractivity contribution in [3.8, 4) is 0 Å². The highest BCUT2D eigenvalue weighted by molar-refractivity contribution is 5.94. The number of hydrogen-bond donors (Lipinski definition) is 1. The van der Waals surface area contributed by atoms with Gasteiger partial charge in [0.1, 0.15) is 12.1 Å². The Morgan fingerprint density at radius 2 is 2.08 bits per heavy atom. The number of pyridine rings is 2. The van der Waals surface area contributed by atoms with E-state index in [-0.39, 0.29) is 11.9 Å². The van der Waals surface area contributed by atoms with Crippen LogP contribution in [0, 0.1) is 0 Å². The van der Waals surface area contributed by atoms with E-state index in [0.29, 0.717) is 5.56 Å². The molecule has 0 aliphatic carbocycles.